The van der Waals surface area contributed by atoms with Gasteiger partial charge in [0.15, 0.2) is 0 Å². The molecule has 1 N–H and O–H groups in total. The Labute approximate surface area is 92.8 Å². The third kappa shape index (κ3) is 1.62. The first-order valence-electron chi connectivity index (χ1n) is 6.64. The number of rotatable bonds is 0. The summed E-state index contributed by atoms with van der Waals surface area (Å²) in [6, 6.07) is 0.641. The molecule has 0 amide bonds. The topological polar surface area (TPSA) is 21.3 Å². The van der Waals surface area contributed by atoms with Gasteiger partial charge >= 0.3 is 0 Å². The predicted molar refractivity (Wildman–Crippen MR) is 60.7 cm³/mol. The highest BCUT2D eigenvalue weighted by molar-refractivity contribution is 4.98. The number of hydrogen-bond donors (Lipinski definition) is 1. The molecule has 3 aliphatic rings. The van der Waals surface area contributed by atoms with E-state index in [2.05, 4.69) is 19.2 Å². The first-order valence-corrected chi connectivity index (χ1v) is 6.64. The van der Waals surface area contributed by atoms with Crippen molar-refractivity contribution in [1.82, 2.24) is 5.32 Å². The van der Waals surface area contributed by atoms with E-state index < -0.39 is 0 Å². The average molecular weight is 209 g/mol. The Morgan fingerprint density at radius 1 is 1.13 bits per heavy atom. The summed E-state index contributed by atoms with van der Waals surface area (Å²) in [5.41, 5.74) is 0. The molecule has 2 heteroatoms. The van der Waals surface area contributed by atoms with E-state index in [1.165, 1.54) is 32.2 Å². The minimum atomic E-state index is 0.494. The molecule has 86 valence electrons. The second-order valence-corrected chi connectivity index (χ2v) is 5.90. The van der Waals surface area contributed by atoms with Crippen molar-refractivity contribution in [3.05, 3.63) is 0 Å². The normalized spacial score (nSPS) is 54.8. The molecule has 0 radical (unpaired) electrons. The standard InChI is InChI=1S/C13H23NO/c1-8-9(2)13-11-6-10(4-3-5-14-11)7-12(8)15-13/h8-14H,3-7H2,1-2H3. The highest BCUT2D eigenvalue weighted by atomic mass is 16.5. The first-order chi connectivity index (χ1) is 7.25. The zero-order chi connectivity index (χ0) is 10.4. The molecule has 3 rings (SSSR count). The third-order valence-corrected chi connectivity index (χ3v) is 5.01. The molecule has 6 atom stereocenters. The molecular formula is C13H23NO. The Morgan fingerprint density at radius 3 is 2.87 bits per heavy atom. The van der Waals surface area contributed by atoms with E-state index in [4.69, 9.17) is 4.74 Å². The quantitative estimate of drug-likeness (QED) is 0.660. The Hall–Kier alpha value is -0.0800. The van der Waals surface area contributed by atoms with E-state index >= 15 is 0 Å². The molecule has 0 aliphatic carbocycles. The molecule has 0 spiro atoms. The maximum atomic E-state index is 6.25. The van der Waals surface area contributed by atoms with Gasteiger partial charge in [-0.25, -0.2) is 0 Å². The second-order valence-electron chi connectivity index (χ2n) is 5.90. The van der Waals surface area contributed by atoms with E-state index in [1.54, 1.807) is 0 Å². The molecule has 3 aliphatic heterocycles. The van der Waals surface area contributed by atoms with E-state index in [0.717, 1.165) is 17.8 Å². The van der Waals surface area contributed by atoms with Gasteiger partial charge < -0.3 is 10.1 Å². The van der Waals surface area contributed by atoms with Gasteiger partial charge in [0.25, 0.3) is 0 Å². The summed E-state index contributed by atoms with van der Waals surface area (Å²) in [4.78, 5) is 0. The predicted octanol–water partition coefficient (Wildman–Crippen LogP) is 2.19. The summed E-state index contributed by atoms with van der Waals surface area (Å²) in [5, 5.41) is 3.71. The van der Waals surface area contributed by atoms with Crippen LogP contribution in [0.25, 0.3) is 0 Å². The molecule has 0 aromatic rings. The third-order valence-electron chi connectivity index (χ3n) is 5.01. The van der Waals surface area contributed by atoms with Gasteiger partial charge in [-0.3, -0.25) is 0 Å². The van der Waals surface area contributed by atoms with Gasteiger partial charge in [-0.15, -0.1) is 0 Å². The molecule has 6 unspecified atom stereocenters. The number of ether oxygens (including phenoxy) is 1. The minimum Gasteiger partial charge on any atom is -0.373 e. The van der Waals surface area contributed by atoms with Crippen molar-refractivity contribution in [2.45, 2.75) is 57.8 Å². The van der Waals surface area contributed by atoms with E-state index in [9.17, 15) is 0 Å². The number of nitrogens with one attached hydrogen (secondary N) is 1. The molecule has 0 saturated carbocycles. The summed E-state index contributed by atoms with van der Waals surface area (Å²) in [6.45, 7) is 5.96. The van der Waals surface area contributed by atoms with Crippen LogP contribution in [0.4, 0.5) is 0 Å². The van der Waals surface area contributed by atoms with Crippen molar-refractivity contribution in [2.24, 2.45) is 17.8 Å². The van der Waals surface area contributed by atoms with Gasteiger partial charge in [-0.05, 0) is 50.0 Å². The van der Waals surface area contributed by atoms with Crippen molar-refractivity contribution in [1.29, 1.82) is 0 Å². The molecule has 2 nitrogen and oxygen atoms in total. The van der Waals surface area contributed by atoms with E-state index in [-0.39, 0.29) is 0 Å². The molecule has 4 bridgehead atoms. The van der Waals surface area contributed by atoms with Crippen LogP contribution in [0.3, 0.4) is 0 Å². The Kier molecular flexibility index (Phi) is 2.52. The summed E-state index contributed by atoms with van der Waals surface area (Å²) in [6.07, 6.45) is 6.51. The van der Waals surface area contributed by atoms with Crippen LogP contribution in [0.5, 0.6) is 0 Å². The summed E-state index contributed by atoms with van der Waals surface area (Å²) in [7, 11) is 0. The average Bonchev–Trinajstić information content (AvgIpc) is 2.52. The van der Waals surface area contributed by atoms with Crippen LogP contribution in [-0.2, 0) is 4.74 Å². The van der Waals surface area contributed by atoms with Crippen molar-refractivity contribution >= 4 is 0 Å². The van der Waals surface area contributed by atoms with Crippen LogP contribution in [0.1, 0.15) is 39.5 Å². The minimum absolute atomic E-state index is 0.494. The van der Waals surface area contributed by atoms with Crippen molar-refractivity contribution < 1.29 is 4.74 Å². The van der Waals surface area contributed by atoms with E-state index in [1.807, 2.05) is 0 Å². The highest BCUT2D eigenvalue weighted by Crippen LogP contribution is 2.43. The summed E-state index contributed by atoms with van der Waals surface area (Å²) >= 11 is 0. The molecule has 3 saturated heterocycles. The number of hydrogen-bond acceptors (Lipinski definition) is 2. The van der Waals surface area contributed by atoms with Gasteiger partial charge in [0, 0.05) is 6.04 Å². The Morgan fingerprint density at radius 2 is 2.00 bits per heavy atom. The number of fused-ring (bicyclic) bond motifs is 5. The van der Waals surface area contributed by atoms with Gasteiger partial charge in [0.2, 0.25) is 0 Å². The SMILES string of the molecule is CC1C2CC3CCCNC(C3)C(O2)C1C. The van der Waals surface area contributed by atoms with Gasteiger partial charge in [-0.2, -0.15) is 0 Å². The van der Waals surface area contributed by atoms with Crippen LogP contribution in [0.15, 0.2) is 0 Å². The zero-order valence-electron chi connectivity index (χ0n) is 9.91. The van der Waals surface area contributed by atoms with Crippen LogP contribution in [0.2, 0.25) is 0 Å². The largest absolute Gasteiger partial charge is 0.373 e. The fourth-order valence-corrected chi connectivity index (χ4v) is 3.85. The van der Waals surface area contributed by atoms with Gasteiger partial charge in [-0.1, -0.05) is 13.8 Å². The molecule has 3 fully saturated rings. The van der Waals surface area contributed by atoms with Crippen LogP contribution in [-0.4, -0.2) is 24.8 Å². The van der Waals surface area contributed by atoms with Crippen molar-refractivity contribution in [3.63, 3.8) is 0 Å². The maximum Gasteiger partial charge on any atom is 0.0760 e. The fraction of sp³-hybridized carbons (Fsp3) is 1.00. The lowest BCUT2D eigenvalue weighted by molar-refractivity contribution is 0.0177. The summed E-state index contributed by atoms with van der Waals surface area (Å²) < 4.78 is 6.25. The molecule has 0 aromatic carbocycles. The van der Waals surface area contributed by atoms with Crippen molar-refractivity contribution in [2.75, 3.05) is 6.54 Å². The van der Waals surface area contributed by atoms with Crippen LogP contribution >= 0.6 is 0 Å². The van der Waals surface area contributed by atoms with Crippen LogP contribution in [0, 0.1) is 17.8 Å². The van der Waals surface area contributed by atoms with Gasteiger partial charge in [0.1, 0.15) is 0 Å². The first kappa shape index (κ1) is 10.1. The lowest BCUT2D eigenvalue weighted by atomic mass is 9.78. The molecule has 0 aromatic heterocycles. The second kappa shape index (κ2) is 3.74. The molecular weight excluding hydrogens is 186 g/mol. The molecule has 3 heterocycles. The van der Waals surface area contributed by atoms with Crippen LogP contribution < -0.4 is 5.32 Å². The monoisotopic (exact) mass is 209 g/mol. The fourth-order valence-electron chi connectivity index (χ4n) is 3.85. The Balaban J connectivity index is 1.85. The van der Waals surface area contributed by atoms with Crippen molar-refractivity contribution in [3.8, 4) is 0 Å². The smallest absolute Gasteiger partial charge is 0.0760 e. The highest BCUT2D eigenvalue weighted by Gasteiger charge is 2.46. The molecule has 15 heavy (non-hydrogen) atoms. The summed E-state index contributed by atoms with van der Waals surface area (Å²) in [5.74, 6) is 2.43. The zero-order valence-corrected chi connectivity index (χ0v) is 9.91. The maximum absolute atomic E-state index is 6.25. The lowest BCUT2D eigenvalue weighted by Gasteiger charge is -2.28. The van der Waals surface area contributed by atoms with Gasteiger partial charge in [0.05, 0.1) is 12.2 Å². The Bertz CT molecular complexity index is 243. The van der Waals surface area contributed by atoms with E-state index in [0.29, 0.717) is 18.2 Å². The lowest BCUT2D eigenvalue weighted by Crippen LogP contribution is -2.42.